The maximum Gasteiger partial charge on any atom is 0.333 e. The van der Waals surface area contributed by atoms with Crippen molar-refractivity contribution < 1.29 is 9.53 Å². The Hall–Kier alpha value is -1.05. The van der Waals surface area contributed by atoms with E-state index in [9.17, 15) is 4.79 Å². The average molecular weight is 182 g/mol. The summed E-state index contributed by atoms with van der Waals surface area (Å²) in [5.41, 5.74) is 0.464. The minimum absolute atomic E-state index is 0.288. The molecule has 2 nitrogen and oxygen atoms in total. The maximum absolute atomic E-state index is 10.9. The highest BCUT2D eigenvalue weighted by Gasteiger charge is 2.01. The zero-order valence-electron chi connectivity index (χ0n) is 8.34. The Morgan fingerprint density at radius 2 is 2.08 bits per heavy atom. The molecule has 0 radical (unpaired) electrons. The van der Waals surface area contributed by atoms with Crippen LogP contribution in [0, 0.1) is 0 Å². The van der Waals surface area contributed by atoms with E-state index in [4.69, 9.17) is 4.74 Å². The molecule has 0 saturated heterocycles. The molecule has 13 heavy (non-hydrogen) atoms. The SMILES string of the molecule is C=CCCCCCOC(=O)C(=C)C. The van der Waals surface area contributed by atoms with Gasteiger partial charge < -0.3 is 4.74 Å². The van der Waals surface area contributed by atoms with Crippen molar-refractivity contribution in [2.45, 2.75) is 32.6 Å². The van der Waals surface area contributed by atoms with Gasteiger partial charge in [0.05, 0.1) is 6.61 Å². The first-order chi connectivity index (χ1) is 6.18. The van der Waals surface area contributed by atoms with E-state index in [1.807, 2.05) is 6.08 Å². The third-order valence-corrected chi connectivity index (χ3v) is 1.63. The van der Waals surface area contributed by atoms with Gasteiger partial charge in [-0.2, -0.15) is 0 Å². The number of carbonyl (C=O) groups excluding carboxylic acids is 1. The van der Waals surface area contributed by atoms with Crippen LogP contribution >= 0.6 is 0 Å². The molecule has 0 heterocycles. The van der Waals surface area contributed by atoms with Gasteiger partial charge in [-0.25, -0.2) is 4.79 Å². The molecule has 0 saturated carbocycles. The average Bonchev–Trinajstić information content (AvgIpc) is 2.10. The van der Waals surface area contributed by atoms with Gasteiger partial charge in [0, 0.05) is 5.57 Å². The molecule has 0 rings (SSSR count). The van der Waals surface area contributed by atoms with Gasteiger partial charge in [-0.05, 0) is 32.6 Å². The smallest absolute Gasteiger partial charge is 0.333 e. The minimum Gasteiger partial charge on any atom is -0.462 e. The summed E-state index contributed by atoms with van der Waals surface area (Å²) in [6.45, 7) is 9.28. The minimum atomic E-state index is -0.288. The Morgan fingerprint density at radius 1 is 1.38 bits per heavy atom. The Bertz CT molecular complexity index is 183. The van der Waals surface area contributed by atoms with Gasteiger partial charge in [-0.15, -0.1) is 6.58 Å². The molecule has 0 fully saturated rings. The second kappa shape index (κ2) is 7.59. The van der Waals surface area contributed by atoms with Crippen LogP contribution in [0.1, 0.15) is 32.6 Å². The fourth-order valence-electron chi connectivity index (χ4n) is 0.856. The lowest BCUT2D eigenvalue weighted by Gasteiger charge is -2.02. The molecule has 0 aromatic carbocycles. The molecule has 0 aliphatic heterocycles. The van der Waals surface area contributed by atoms with Crippen molar-refractivity contribution in [1.29, 1.82) is 0 Å². The number of allylic oxidation sites excluding steroid dienone is 1. The van der Waals surface area contributed by atoms with Crippen LogP contribution in [0.3, 0.4) is 0 Å². The largest absolute Gasteiger partial charge is 0.462 e. The molecule has 0 N–H and O–H groups in total. The fourth-order valence-corrected chi connectivity index (χ4v) is 0.856. The Labute approximate surface area is 80.3 Å². The van der Waals surface area contributed by atoms with Gasteiger partial charge in [-0.1, -0.05) is 12.7 Å². The highest BCUT2D eigenvalue weighted by Crippen LogP contribution is 2.01. The molecule has 0 aliphatic rings. The Morgan fingerprint density at radius 3 is 2.62 bits per heavy atom. The van der Waals surface area contributed by atoms with Gasteiger partial charge in [0.25, 0.3) is 0 Å². The number of rotatable bonds is 7. The van der Waals surface area contributed by atoms with Crippen molar-refractivity contribution in [2.75, 3.05) is 6.61 Å². The Balaban J connectivity index is 3.21. The normalized spacial score (nSPS) is 9.31. The van der Waals surface area contributed by atoms with Crippen LogP contribution in [-0.2, 0) is 9.53 Å². The predicted octanol–water partition coefficient (Wildman–Crippen LogP) is 2.85. The molecule has 0 unspecified atom stereocenters. The maximum atomic E-state index is 10.9. The van der Waals surface area contributed by atoms with Crippen LogP contribution in [0.25, 0.3) is 0 Å². The summed E-state index contributed by atoms with van der Waals surface area (Å²) in [6, 6.07) is 0. The summed E-state index contributed by atoms with van der Waals surface area (Å²) in [4.78, 5) is 10.9. The van der Waals surface area contributed by atoms with Gasteiger partial charge in [0.15, 0.2) is 0 Å². The molecule has 0 aromatic heterocycles. The zero-order valence-corrected chi connectivity index (χ0v) is 8.34. The first-order valence-electron chi connectivity index (χ1n) is 4.62. The molecule has 0 aromatic rings. The van der Waals surface area contributed by atoms with Crippen molar-refractivity contribution in [2.24, 2.45) is 0 Å². The van der Waals surface area contributed by atoms with E-state index in [0.717, 1.165) is 25.7 Å². The van der Waals surface area contributed by atoms with Crippen LogP contribution < -0.4 is 0 Å². The van der Waals surface area contributed by atoms with Crippen LogP contribution in [0.4, 0.5) is 0 Å². The van der Waals surface area contributed by atoms with Gasteiger partial charge in [-0.3, -0.25) is 0 Å². The van der Waals surface area contributed by atoms with Crippen LogP contribution in [0.5, 0.6) is 0 Å². The van der Waals surface area contributed by atoms with Gasteiger partial charge in [0.1, 0.15) is 0 Å². The van der Waals surface area contributed by atoms with E-state index in [2.05, 4.69) is 13.2 Å². The van der Waals surface area contributed by atoms with Gasteiger partial charge >= 0.3 is 5.97 Å². The lowest BCUT2D eigenvalue weighted by Crippen LogP contribution is -2.05. The highest BCUT2D eigenvalue weighted by atomic mass is 16.5. The molecular formula is C11H18O2. The lowest BCUT2D eigenvalue weighted by molar-refractivity contribution is -0.139. The summed E-state index contributed by atoms with van der Waals surface area (Å²) in [5, 5.41) is 0. The number of unbranched alkanes of at least 4 members (excludes halogenated alkanes) is 3. The number of ether oxygens (including phenoxy) is 1. The van der Waals surface area contributed by atoms with Crippen molar-refractivity contribution in [1.82, 2.24) is 0 Å². The van der Waals surface area contributed by atoms with Crippen molar-refractivity contribution in [3.05, 3.63) is 24.8 Å². The number of carbonyl (C=O) groups is 1. The van der Waals surface area contributed by atoms with Crippen LogP contribution in [0.2, 0.25) is 0 Å². The van der Waals surface area contributed by atoms with Crippen molar-refractivity contribution in [3.8, 4) is 0 Å². The predicted molar refractivity (Wildman–Crippen MR) is 54.4 cm³/mol. The number of hydrogen-bond acceptors (Lipinski definition) is 2. The van der Waals surface area contributed by atoms with Crippen LogP contribution in [-0.4, -0.2) is 12.6 Å². The third-order valence-electron chi connectivity index (χ3n) is 1.63. The first-order valence-corrected chi connectivity index (χ1v) is 4.62. The molecule has 0 amide bonds. The quantitative estimate of drug-likeness (QED) is 0.262. The summed E-state index contributed by atoms with van der Waals surface area (Å²) in [5.74, 6) is -0.288. The zero-order chi connectivity index (χ0) is 10.1. The molecule has 0 spiro atoms. The summed E-state index contributed by atoms with van der Waals surface area (Å²) in [7, 11) is 0. The van der Waals surface area contributed by atoms with E-state index in [0.29, 0.717) is 12.2 Å². The summed E-state index contributed by atoms with van der Waals surface area (Å²) >= 11 is 0. The standard InChI is InChI=1S/C11H18O2/c1-4-5-6-7-8-9-13-11(12)10(2)3/h4H,1-2,5-9H2,3H3. The molecule has 0 aliphatic carbocycles. The molecule has 74 valence electrons. The monoisotopic (exact) mass is 182 g/mol. The number of hydrogen-bond donors (Lipinski definition) is 0. The van der Waals surface area contributed by atoms with E-state index >= 15 is 0 Å². The molecule has 0 atom stereocenters. The van der Waals surface area contributed by atoms with Crippen molar-refractivity contribution >= 4 is 5.97 Å². The topological polar surface area (TPSA) is 26.3 Å². The van der Waals surface area contributed by atoms with Gasteiger partial charge in [0.2, 0.25) is 0 Å². The van der Waals surface area contributed by atoms with E-state index in [-0.39, 0.29) is 5.97 Å². The summed E-state index contributed by atoms with van der Waals surface area (Å²) < 4.78 is 4.92. The molecule has 2 heteroatoms. The van der Waals surface area contributed by atoms with E-state index in [1.54, 1.807) is 6.92 Å². The second-order valence-electron chi connectivity index (χ2n) is 3.05. The van der Waals surface area contributed by atoms with Crippen LogP contribution in [0.15, 0.2) is 24.8 Å². The van der Waals surface area contributed by atoms with E-state index in [1.165, 1.54) is 0 Å². The fraction of sp³-hybridized carbons (Fsp3) is 0.545. The Kier molecular flexibility index (Phi) is 6.98. The van der Waals surface area contributed by atoms with Crippen molar-refractivity contribution in [3.63, 3.8) is 0 Å². The number of esters is 1. The first kappa shape index (κ1) is 11.9. The highest BCUT2D eigenvalue weighted by molar-refractivity contribution is 5.86. The lowest BCUT2D eigenvalue weighted by atomic mass is 10.2. The van der Waals surface area contributed by atoms with E-state index < -0.39 is 0 Å². The second-order valence-corrected chi connectivity index (χ2v) is 3.05. The summed E-state index contributed by atoms with van der Waals surface area (Å²) in [6.07, 6.45) is 6.06. The molecular weight excluding hydrogens is 164 g/mol. The third kappa shape index (κ3) is 7.32. The molecule has 0 bridgehead atoms.